The van der Waals surface area contributed by atoms with E-state index in [4.69, 9.17) is 14.2 Å². The molecule has 2 atom stereocenters. The third-order valence-corrected chi connectivity index (χ3v) is 5.70. The van der Waals surface area contributed by atoms with E-state index in [1.165, 1.54) is 0 Å². The highest BCUT2D eigenvalue weighted by Gasteiger charge is 2.47. The molecule has 0 amide bonds. The summed E-state index contributed by atoms with van der Waals surface area (Å²) < 4.78 is 18.6. The van der Waals surface area contributed by atoms with Crippen LogP contribution in [0.2, 0.25) is 0 Å². The molecular weight excluding hydrogens is 380 g/mol. The van der Waals surface area contributed by atoms with Crippen molar-refractivity contribution in [2.45, 2.75) is 58.7 Å². The van der Waals surface area contributed by atoms with E-state index >= 15 is 0 Å². The van der Waals surface area contributed by atoms with E-state index in [1.54, 1.807) is 0 Å². The van der Waals surface area contributed by atoms with Gasteiger partial charge < -0.3 is 14.2 Å². The van der Waals surface area contributed by atoms with Gasteiger partial charge in [0.2, 0.25) is 11.5 Å². The second-order valence-corrected chi connectivity index (χ2v) is 7.27. The first-order valence-corrected chi connectivity index (χ1v) is 9.85. The van der Waals surface area contributed by atoms with E-state index < -0.39 is 24.1 Å². The third kappa shape index (κ3) is 2.45. The topological polar surface area (TPSA) is 89.5 Å². The lowest BCUT2D eigenvalue weighted by Gasteiger charge is -2.42. The van der Waals surface area contributed by atoms with Crippen LogP contribution < -0.4 is 9.47 Å². The molecular formula is C21H20O8. The lowest BCUT2D eigenvalue weighted by molar-refractivity contribution is -0.457. The number of hydrogen-bond acceptors (Lipinski definition) is 8. The SMILES string of the molecule is CCCc1c2c3cc4c1OC1=C(CC)C4OC3C(CC)=C(O2)C(=O)OOOC1=O. The standard InChI is InChI=1S/C21H20O8/c1-4-7-11-16-12-8-13-15-10(6-3)19(26-17(11)13)21(23)28-29-27-20(22)18(25-16)9(5-2)14(12)24-15/h8,14-15H,4-7H2,1-3H3. The van der Waals surface area contributed by atoms with Crippen molar-refractivity contribution in [3.63, 3.8) is 0 Å². The number of fused-ring (bicyclic) bond motifs is 4. The maximum absolute atomic E-state index is 12.6. The lowest BCUT2D eigenvalue weighted by atomic mass is 9.82. The van der Waals surface area contributed by atoms with Crippen LogP contribution in [0.25, 0.3) is 0 Å². The first kappa shape index (κ1) is 18.2. The predicted molar refractivity (Wildman–Crippen MR) is 96.2 cm³/mol. The van der Waals surface area contributed by atoms with Crippen LogP contribution in [0.5, 0.6) is 11.5 Å². The summed E-state index contributed by atoms with van der Waals surface area (Å²) in [7, 11) is 0. The Morgan fingerprint density at radius 3 is 1.79 bits per heavy atom. The molecule has 0 N–H and O–H groups in total. The Bertz CT molecular complexity index is 930. The average Bonchev–Trinajstić information content (AvgIpc) is 2.73. The quantitative estimate of drug-likeness (QED) is 0.705. The van der Waals surface area contributed by atoms with Crippen molar-refractivity contribution in [1.29, 1.82) is 0 Å². The fraction of sp³-hybridized carbons (Fsp3) is 0.429. The zero-order valence-electron chi connectivity index (χ0n) is 16.3. The van der Waals surface area contributed by atoms with Gasteiger partial charge in [-0.1, -0.05) is 27.2 Å². The summed E-state index contributed by atoms with van der Waals surface area (Å²) in [4.78, 5) is 34.5. The molecule has 5 aliphatic rings. The summed E-state index contributed by atoms with van der Waals surface area (Å²) >= 11 is 0. The van der Waals surface area contributed by atoms with Gasteiger partial charge in [-0.05, 0) is 25.3 Å². The van der Waals surface area contributed by atoms with Crippen LogP contribution in [0.3, 0.4) is 0 Å². The van der Waals surface area contributed by atoms with Gasteiger partial charge >= 0.3 is 11.9 Å². The first-order chi connectivity index (χ1) is 14.1. The number of hydrogen-bond donors (Lipinski definition) is 0. The third-order valence-electron chi connectivity index (χ3n) is 5.70. The zero-order chi connectivity index (χ0) is 20.3. The van der Waals surface area contributed by atoms with Gasteiger partial charge in [0.25, 0.3) is 0 Å². The predicted octanol–water partition coefficient (Wildman–Crippen LogP) is 3.81. The summed E-state index contributed by atoms with van der Waals surface area (Å²) in [5, 5.41) is 4.45. The van der Waals surface area contributed by atoms with Crippen molar-refractivity contribution in [3.8, 4) is 11.5 Å². The molecule has 0 saturated carbocycles. The average molecular weight is 400 g/mol. The summed E-state index contributed by atoms with van der Waals surface area (Å²) in [5.41, 5.74) is 3.84. The molecule has 2 unspecified atom stereocenters. The number of carbonyl (C=O) groups excluding carboxylic acids is 2. The zero-order valence-corrected chi connectivity index (χ0v) is 16.3. The van der Waals surface area contributed by atoms with Crippen LogP contribution in [-0.4, -0.2) is 11.9 Å². The molecule has 29 heavy (non-hydrogen) atoms. The van der Waals surface area contributed by atoms with Gasteiger partial charge in [0.1, 0.15) is 23.7 Å². The van der Waals surface area contributed by atoms with Crippen LogP contribution in [0.1, 0.15) is 68.9 Å². The van der Waals surface area contributed by atoms with Gasteiger partial charge in [-0.3, -0.25) is 9.78 Å². The van der Waals surface area contributed by atoms with Gasteiger partial charge in [0.15, 0.2) is 0 Å². The van der Waals surface area contributed by atoms with Gasteiger partial charge in [0, 0.05) is 32.9 Å². The minimum atomic E-state index is -0.887. The molecule has 8 bridgehead atoms. The summed E-state index contributed by atoms with van der Waals surface area (Å²) in [6, 6.07) is 2.00. The fourth-order valence-electron chi connectivity index (χ4n) is 4.45. The smallest absolute Gasteiger partial charge is 0.412 e. The maximum atomic E-state index is 12.6. The molecule has 8 nitrogen and oxygen atoms in total. The van der Waals surface area contributed by atoms with E-state index in [0.717, 1.165) is 23.1 Å². The highest BCUT2D eigenvalue weighted by molar-refractivity contribution is 5.90. The Kier molecular flexibility index (Phi) is 4.15. The van der Waals surface area contributed by atoms with Crippen LogP contribution in [0, 0.1) is 0 Å². The Hall–Kier alpha value is -2.84. The Morgan fingerprint density at radius 1 is 0.828 bits per heavy atom. The Morgan fingerprint density at radius 2 is 1.34 bits per heavy atom. The summed E-state index contributed by atoms with van der Waals surface area (Å²) in [6.07, 6.45) is 1.53. The van der Waals surface area contributed by atoms with Crippen LogP contribution in [0.15, 0.2) is 28.7 Å². The van der Waals surface area contributed by atoms with Crippen molar-refractivity contribution >= 4 is 11.9 Å². The van der Waals surface area contributed by atoms with Gasteiger partial charge in [-0.15, -0.1) is 0 Å². The van der Waals surface area contributed by atoms with Crippen LogP contribution >= 0.6 is 0 Å². The minimum Gasteiger partial charge on any atom is -0.449 e. The van der Waals surface area contributed by atoms with Crippen molar-refractivity contribution in [2.75, 3.05) is 0 Å². The van der Waals surface area contributed by atoms with E-state index in [9.17, 15) is 9.59 Å². The van der Waals surface area contributed by atoms with Crippen molar-refractivity contribution < 1.29 is 38.6 Å². The Balaban J connectivity index is 1.84. The number of carbonyl (C=O) groups is 2. The largest absolute Gasteiger partial charge is 0.449 e. The normalized spacial score (nSPS) is 24.2. The Labute approximate surface area is 166 Å². The second-order valence-electron chi connectivity index (χ2n) is 7.27. The lowest BCUT2D eigenvalue weighted by Crippen LogP contribution is -2.34. The second kappa shape index (κ2) is 6.60. The molecule has 5 heterocycles. The fourth-order valence-corrected chi connectivity index (χ4v) is 4.45. The monoisotopic (exact) mass is 400 g/mol. The van der Waals surface area contributed by atoms with E-state index in [0.29, 0.717) is 41.9 Å². The van der Waals surface area contributed by atoms with Crippen molar-refractivity contribution in [2.24, 2.45) is 0 Å². The minimum absolute atomic E-state index is 0.0128. The highest BCUT2D eigenvalue weighted by atomic mass is 17.5. The molecule has 0 saturated heterocycles. The molecule has 152 valence electrons. The van der Waals surface area contributed by atoms with Gasteiger partial charge in [-0.2, -0.15) is 0 Å². The molecule has 0 aliphatic carbocycles. The molecule has 0 spiro atoms. The molecule has 0 aromatic heterocycles. The number of ether oxygens (including phenoxy) is 3. The number of rotatable bonds is 4. The molecule has 8 heteroatoms. The molecule has 1 aromatic rings. The van der Waals surface area contributed by atoms with Crippen LogP contribution in [-0.2, 0) is 35.6 Å². The van der Waals surface area contributed by atoms with Crippen LogP contribution in [0.4, 0.5) is 0 Å². The van der Waals surface area contributed by atoms with Gasteiger partial charge in [0.05, 0.1) is 0 Å². The maximum Gasteiger partial charge on any atom is 0.412 e. The van der Waals surface area contributed by atoms with E-state index in [2.05, 4.69) is 14.8 Å². The molecule has 6 rings (SSSR count). The van der Waals surface area contributed by atoms with Gasteiger partial charge in [-0.25, -0.2) is 9.59 Å². The summed E-state index contributed by atoms with van der Waals surface area (Å²) in [6.45, 7) is 5.86. The van der Waals surface area contributed by atoms with Crippen molar-refractivity contribution in [1.82, 2.24) is 0 Å². The first-order valence-electron chi connectivity index (χ1n) is 9.85. The number of benzene rings is 1. The molecule has 5 aliphatic heterocycles. The van der Waals surface area contributed by atoms with E-state index in [1.807, 2.05) is 26.8 Å². The summed E-state index contributed by atoms with van der Waals surface area (Å²) in [5.74, 6) is -0.759. The highest BCUT2D eigenvalue weighted by Crippen LogP contribution is 2.57. The molecule has 0 fully saturated rings. The molecule has 0 radical (unpaired) electrons. The van der Waals surface area contributed by atoms with E-state index in [-0.39, 0.29) is 11.5 Å². The molecule has 1 aromatic carbocycles. The van der Waals surface area contributed by atoms with Crippen molar-refractivity contribution in [3.05, 3.63) is 45.4 Å².